The first kappa shape index (κ1) is 20.6. The number of amides is 1. The largest absolute Gasteiger partial charge is 0.494 e. The number of rotatable bonds is 3. The fraction of sp³-hybridized carbons (Fsp3) is 0.650. The van der Waals surface area contributed by atoms with E-state index in [-0.39, 0.29) is 30.0 Å². The molecule has 7 heteroatoms. The Kier molecular flexibility index (Phi) is 5.11. The molecule has 2 heterocycles. The van der Waals surface area contributed by atoms with Gasteiger partial charge in [-0.1, -0.05) is 24.3 Å². The number of hydrogen-bond acceptors (Lipinski definition) is 5. The third-order valence-electron chi connectivity index (χ3n) is 5.43. The summed E-state index contributed by atoms with van der Waals surface area (Å²) in [4.78, 5) is 12.3. The van der Waals surface area contributed by atoms with Gasteiger partial charge in [-0.05, 0) is 59.5 Å². The van der Waals surface area contributed by atoms with Crippen LogP contribution in [0.2, 0.25) is 0 Å². The van der Waals surface area contributed by atoms with Crippen LogP contribution in [-0.4, -0.2) is 41.5 Å². The molecule has 1 amide bonds. The molecule has 2 fully saturated rings. The van der Waals surface area contributed by atoms with Gasteiger partial charge >= 0.3 is 13.2 Å². The van der Waals surface area contributed by atoms with Gasteiger partial charge in [0.15, 0.2) is 0 Å². The SMILES string of the molecule is CC(C)(C)OC(=O)NC1(c2ccc(B3OC(C)(C)C(C)(C)O3)cc2)CSC1. The molecule has 5 nitrogen and oxygen atoms in total. The van der Waals surface area contributed by atoms with Crippen LogP contribution in [0.15, 0.2) is 24.3 Å². The summed E-state index contributed by atoms with van der Waals surface area (Å²) in [6, 6.07) is 8.16. The van der Waals surface area contributed by atoms with Crippen LogP contribution in [0.4, 0.5) is 4.79 Å². The minimum atomic E-state index is -0.511. The number of hydrogen-bond donors (Lipinski definition) is 1. The molecule has 2 saturated heterocycles. The van der Waals surface area contributed by atoms with Crippen LogP contribution in [0.1, 0.15) is 54.0 Å². The van der Waals surface area contributed by atoms with Crippen LogP contribution in [0.3, 0.4) is 0 Å². The summed E-state index contributed by atoms with van der Waals surface area (Å²) in [6.45, 7) is 13.8. The van der Waals surface area contributed by atoms with Crippen molar-refractivity contribution < 1.29 is 18.8 Å². The highest BCUT2D eigenvalue weighted by Gasteiger charge is 2.52. The molecule has 0 aromatic heterocycles. The van der Waals surface area contributed by atoms with Gasteiger partial charge in [0.05, 0.1) is 16.7 Å². The van der Waals surface area contributed by atoms with Gasteiger partial charge in [-0.2, -0.15) is 11.8 Å². The van der Waals surface area contributed by atoms with Gasteiger partial charge in [0.25, 0.3) is 0 Å². The van der Waals surface area contributed by atoms with Gasteiger partial charge in [-0.25, -0.2) is 4.79 Å². The van der Waals surface area contributed by atoms with E-state index in [2.05, 4.69) is 17.4 Å². The van der Waals surface area contributed by atoms with Gasteiger partial charge in [-0.15, -0.1) is 0 Å². The molecule has 2 aliphatic heterocycles. The van der Waals surface area contributed by atoms with E-state index >= 15 is 0 Å². The molecule has 148 valence electrons. The summed E-state index contributed by atoms with van der Waals surface area (Å²) >= 11 is 1.81. The summed E-state index contributed by atoms with van der Waals surface area (Å²) in [5.41, 5.74) is 0.453. The molecule has 0 unspecified atom stereocenters. The molecular weight excluding hydrogens is 361 g/mol. The monoisotopic (exact) mass is 391 g/mol. The minimum Gasteiger partial charge on any atom is -0.444 e. The van der Waals surface area contributed by atoms with Gasteiger partial charge in [0.1, 0.15) is 5.60 Å². The molecule has 0 bridgehead atoms. The quantitative estimate of drug-likeness (QED) is 0.800. The van der Waals surface area contributed by atoms with Crippen molar-refractivity contribution in [1.82, 2.24) is 5.32 Å². The highest BCUT2D eigenvalue weighted by Crippen LogP contribution is 2.39. The zero-order chi connectivity index (χ0) is 20.1. The summed E-state index contributed by atoms with van der Waals surface area (Å²) < 4.78 is 17.7. The zero-order valence-electron chi connectivity index (χ0n) is 17.3. The Balaban J connectivity index is 1.74. The van der Waals surface area contributed by atoms with E-state index in [1.807, 2.05) is 72.4 Å². The van der Waals surface area contributed by atoms with Crippen LogP contribution in [0.5, 0.6) is 0 Å². The predicted octanol–water partition coefficient (Wildman–Crippen LogP) is 3.45. The Bertz CT molecular complexity index is 692. The second-order valence-corrected chi connectivity index (χ2v) is 10.4. The Labute approximate surface area is 167 Å². The molecular formula is C20H30BNO4S. The van der Waals surface area contributed by atoms with E-state index in [1.165, 1.54) is 0 Å². The predicted molar refractivity (Wildman–Crippen MR) is 111 cm³/mol. The van der Waals surface area contributed by atoms with Crippen molar-refractivity contribution in [3.63, 3.8) is 0 Å². The summed E-state index contributed by atoms with van der Waals surface area (Å²) in [6.07, 6.45) is -0.377. The number of carbonyl (C=O) groups excluding carboxylic acids is 1. The molecule has 0 spiro atoms. The molecule has 0 aliphatic carbocycles. The van der Waals surface area contributed by atoms with Crippen LogP contribution in [-0.2, 0) is 19.6 Å². The van der Waals surface area contributed by atoms with Gasteiger partial charge in [-0.3, -0.25) is 0 Å². The van der Waals surface area contributed by atoms with Crippen molar-refractivity contribution >= 4 is 30.4 Å². The number of carbonyl (C=O) groups is 1. The lowest BCUT2D eigenvalue weighted by Crippen LogP contribution is -2.56. The first-order chi connectivity index (χ1) is 12.3. The Morgan fingerprint density at radius 1 is 1.07 bits per heavy atom. The lowest BCUT2D eigenvalue weighted by atomic mass is 9.77. The number of nitrogens with one attached hydrogen (secondary N) is 1. The summed E-state index contributed by atoms with van der Waals surface area (Å²) in [5.74, 6) is 1.67. The van der Waals surface area contributed by atoms with E-state index in [0.717, 1.165) is 22.5 Å². The first-order valence-corrected chi connectivity index (χ1v) is 10.5. The highest BCUT2D eigenvalue weighted by atomic mass is 32.2. The number of alkyl carbamates (subject to hydrolysis) is 1. The zero-order valence-corrected chi connectivity index (χ0v) is 18.2. The maximum absolute atomic E-state index is 12.3. The topological polar surface area (TPSA) is 56.8 Å². The third-order valence-corrected chi connectivity index (χ3v) is 6.82. The molecule has 1 N–H and O–H groups in total. The van der Waals surface area contributed by atoms with Gasteiger partial charge in [0, 0.05) is 11.5 Å². The van der Waals surface area contributed by atoms with Gasteiger partial charge in [0.2, 0.25) is 0 Å². The normalized spacial score (nSPS) is 22.9. The second kappa shape index (κ2) is 6.71. The van der Waals surface area contributed by atoms with E-state index in [0.29, 0.717) is 0 Å². The van der Waals surface area contributed by atoms with Crippen LogP contribution < -0.4 is 10.8 Å². The molecule has 3 rings (SSSR count). The van der Waals surface area contributed by atoms with E-state index in [4.69, 9.17) is 14.0 Å². The first-order valence-electron chi connectivity index (χ1n) is 9.39. The lowest BCUT2D eigenvalue weighted by Gasteiger charge is -2.42. The van der Waals surface area contributed by atoms with E-state index < -0.39 is 5.60 Å². The van der Waals surface area contributed by atoms with E-state index in [1.54, 1.807) is 0 Å². The van der Waals surface area contributed by atoms with Gasteiger partial charge < -0.3 is 19.4 Å². The van der Waals surface area contributed by atoms with Crippen LogP contribution in [0, 0.1) is 0 Å². The highest BCUT2D eigenvalue weighted by molar-refractivity contribution is 8.00. The standard InChI is InChI=1S/C20H30BNO4S/c1-17(2,3)24-16(23)22-20(12-27-13-20)14-8-10-15(11-9-14)21-25-18(4,5)19(6,7)26-21/h8-11H,12-13H2,1-7H3,(H,22,23). The van der Waals surface area contributed by atoms with Crippen molar-refractivity contribution in [2.45, 2.75) is 70.8 Å². The molecule has 0 atom stereocenters. The third kappa shape index (κ3) is 4.15. The minimum absolute atomic E-state index is 0.361. The Hall–Kier alpha value is -1.18. The molecule has 1 aromatic carbocycles. The number of ether oxygens (including phenoxy) is 1. The number of benzene rings is 1. The molecule has 27 heavy (non-hydrogen) atoms. The molecule has 0 radical (unpaired) electrons. The van der Waals surface area contributed by atoms with Crippen molar-refractivity contribution in [3.8, 4) is 0 Å². The van der Waals surface area contributed by atoms with Crippen molar-refractivity contribution in [3.05, 3.63) is 29.8 Å². The Morgan fingerprint density at radius 3 is 2.00 bits per heavy atom. The van der Waals surface area contributed by atoms with Crippen molar-refractivity contribution in [2.24, 2.45) is 0 Å². The maximum atomic E-state index is 12.3. The molecule has 0 saturated carbocycles. The van der Waals surface area contributed by atoms with Crippen molar-refractivity contribution in [1.29, 1.82) is 0 Å². The van der Waals surface area contributed by atoms with Crippen molar-refractivity contribution in [2.75, 3.05) is 11.5 Å². The van der Waals surface area contributed by atoms with E-state index in [9.17, 15) is 4.79 Å². The molecule has 1 aromatic rings. The fourth-order valence-electron chi connectivity index (χ4n) is 3.05. The Morgan fingerprint density at radius 2 is 1.59 bits per heavy atom. The average molecular weight is 391 g/mol. The molecule has 2 aliphatic rings. The fourth-order valence-corrected chi connectivity index (χ4v) is 4.14. The maximum Gasteiger partial charge on any atom is 0.494 e. The second-order valence-electron chi connectivity index (χ2n) is 9.41. The lowest BCUT2D eigenvalue weighted by molar-refractivity contribution is 0.00578. The summed E-state index contributed by atoms with van der Waals surface area (Å²) in [7, 11) is -0.380. The van der Waals surface area contributed by atoms with Crippen LogP contribution >= 0.6 is 11.8 Å². The van der Waals surface area contributed by atoms with Crippen LogP contribution in [0.25, 0.3) is 0 Å². The summed E-state index contributed by atoms with van der Waals surface area (Å²) in [5, 5.41) is 3.07. The number of thioether (sulfide) groups is 1. The average Bonchev–Trinajstić information content (AvgIpc) is 2.70. The smallest absolute Gasteiger partial charge is 0.444 e.